The van der Waals surface area contributed by atoms with Gasteiger partial charge in [0.1, 0.15) is 6.10 Å². The lowest BCUT2D eigenvalue weighted by Crippen LogP contribution is -2.36. The molecule has 15 heavy (non-hydrogen) atoms. The Hall–Kier alpha value is 0.230. The summed E-state index contributed by atoms with van der Waals surface area (Å²) in [6.07, 6.45) is 1.06. The first kappa shape index (κ1) is 13.3. The van der Waals surface area contributed by atoms with Crippen LogP contribution in [-0.2, 0) is 9.47 Å². The van der Waals surface area contributed by atoms with E-state index < -0.39 is 5.79 Å². The third-order valence-electron chi connectivity index (χ3n) is 2.77. The second kappa shape index (κ2) is 6.09. The maximum Gasteiger partial charge on any atom is 0.169 e. The van der Waals surface area contributed by atoms with Crippen molar-refractivity contribution in [1.82, 2.24) is 0 Å². The van der Waals surface area contributed by atoms with E-state index >= 15 is 0 Å². The fourth-order valence-corrected chi connectivity index (χ4v) is 2.67. The lowest BCUT2D eigenvalue weighted by Gasteiger charge is -2.29. The monoisotopic (exact) mass is 234 g/mol. The van der Waals surface area contributed by atoms with Crippen LogP contribution in [0.4, 0.5) is 0 Å². The third-order valence-corrected chi connectivity index (χ3v) is 4.20. The van der Waals surface area contributed by atoms with Gasteiger partial charge in [-0.25, -0.2) is 0 Å². The van der Waals surface area contributed by atoms with Crippen LogP contribution in [0.15, 0.2) is 0 Å². The van der Waals surface area contributed by atoms with E-state index in [9.17, 15) is 0 Å². The van der Waals surface area contributed by atoms with Crippen LogP contribution in [0.25, 0.3) is 0 Å². The number of aliphatic hydroxyl groups is 1. The summed E-state index contributed by atoms with van der Waals surface area (Å²) in [5.74, 6) is 2.08. The summed E-state index contributed by atoms with van der Waals surface area (Å²) in [7, 11) is 0. The smallest absolute Gasteiger partial charge is 0.169 e. The van der Waals surface area contributed by atoms with Crippen molar-refractivity contribution in [2.75, 3.05) is 24.7 Å². The summed E-state index contributed by atoms with van der Waals surface area (Å²) < 4.78 is 11.3. The largest absolute Gasteiger partial charge is 0.394 e. The Morgan fingerprint density at radius 2 is 2.33 bits per heavy atom. The summed E-state index contributed by atoms with van der Waals surface area (Å²) in [5.41, 5.74) is 0. The van der Waals surface area contributed by atoms with E-state index in [1.165, 1.54) is 12.2 Å². The van der Waals surface area contributed by atoms with E-state index in [2.05, 4.69) is 13.8 Å². The van der Waals surface area contributed by atoms with Crippen molar-refractivity contribution in [3.63, 3.8) is 0 Å². The zero-order valence-corrected chi connectivity index (χ0v) is 10.7. The summed E-state index contributed by atoms with van der Waals surface area (Å²) >= 11 is 1.93. The zero-order chi connectivity index (χ0) is 11.3. The summed E-state index contributed by atoms with van der Waals surface area (Å²) in [6, 6.07) is 0. The molecule has 0 bridgehead atoms. The molecule has 0 spiro atoms. The Morgan fingerprint density at radius 1 is 1.60 bits per heavy atom. The van der Waals surface area contributed by atoms with Crippen molar-refractivity contribution in [2.45, 2.75) is 39.1 Å². The topological polar surface area (TPSA) is 38.7 Å². The Morgan fingerprint density at radius 3 is 2.87 bits per heavy atom. The Kier molecular flexibility index (Phi) is 5.39. The number of thioether (sulfide) groups is 1. The van der Waals surface area contributed by atoms with E-state index in [4.69, 9.17) is 14.6 Å². The summed E-state index contributed by atoms with van der Waals surface area (Å²) in [4.78, 5) is 0. The highest BCUT2D eigenvalue weighted by Gasteiger charge is 2.41. The number of hydrogen-bond acceptors (Lipinski definition) is 4. The molecule has 1 fully saturated rings. The van der Waals surface area contributed by atoms with E-state index in [0.29, 0.717) is 12.5 Å². The molecule has 1 aliphatic rings. The van der Waals surface area contributed by atoms with E-state index in [0.717, 1.165) is 5.75 Å². The van der Waals surface area contributed by atoms with Crippen LogP contribution in [0.5, 0.6) is 0 Å². The first-order valence-corrected chi connectivity index (χ1v) is 6.78. The van der Waals surface area contributed by atoms with Gasteiger partial charge in [0.15, 0.2) is 5.79 Å². The number of hydrogen-bond donors (Lipinski definition) is 1. The van der Waals surface area contributed by atoms with Crippen molar-refractivity contribution >= 4 is 11.8 Å². The SMILES string of the molecule is CCCSCC(C)C1(C)OCC(CO)O1. The molecule has 3 unspecified atom stereocenters. The van der Waals surface area contributed by atoms with Gasteiger partial charge in [0, 0.05) is 11.7 Å². The van der Waals surface area contributed by atoms with Crippen molar-refractivity contribution < 1.29 is 14.6 Å². The molecule has 0 radical (unpaired) electrons. The van der Waals surface area contributed by atoms with Gasteiger partial charge in [-0.15, -0.1) is 0 Å². The number of ether oxygens (including phenoxy) is 2. The van der Waals surface area contributed by atoms with Crippen molar-refractivity contribution in [2.24, 2.45) is 5.92 Å². The molecule has 1 saturated heterocycles. The highest BCUT2D eigenvalue weighted by molar-refractivity contribution is 7.99. The van der Waals surface area contributed by atoms with Crippen LogP contribution in [0, 0.1) is 5.92 Å². The molecule has 0 aliphatic carbocycles. The van der Waals surface area contributed by atoms with Gasteiger partial charge in [-0.05, 0) is 19.1 Å². The van der Waals surface area contributed by atoms with Gasteiger partial charge in [0.2, 0.25) is 0 Å². The number of rotatable bonds is 6. The predicted molar refractivity (Wildman–Crippen MR) is 63.1 cm³/mol. The third kappa shape index (κ3) is 3.63. The quantitative estimate of drug-likeness (QED) is 0.712. The molecular formula is C11H22O3S. The molecule has 4 heteroatoms. The van der Waals surface area contributed by atoms with Crippen molar-refractivity contribution in [3.05, 3.63) is 0 Å². The molecule has 90 valence electrons. The van der Waals surface area contributed by atoms with Gasteiger partial charge in [0.25, 0.3) is 0 Å². The highest BCUT2D eigenvalue weighted by atomic mass is 32.2. The normalized spacial score (nSPS) is 33.2. The number of aliphatic hydroxyl groups excluding tert-OH is 1. The minimum Gasteiger partial charge on any atom is -0.394 e. The van der Waals surface area contributed by atoms with Crippen LogP contribution in [0.2, 0.25) is 0 Å². The standard InChI is InChI=1S/C11H22O3S/c1-4-5-15-8-9(2)11(3)13-7-10(6-12)14-11/h9-10,12H,4-8H2,1-3H3. The molecule has 1 heterocycles. The molecule has 0 aromatic rings. The van der Waals surface area contributed by atoms with E-state index in [1.54, 1.807) is 0 Å². The van der Waals surface area contributed by atoms with E-state index in [-0.39, 0.29) is 12.7 Å². The van der Waals surface area contributed by atoms with Gasteiger partial charge in [-0.2, -0.15) is 11.8 Å². The minimum absolute atomic E-state index is 0.0460. The summed E-state index contributed by atoms with van der Waals surface area (Å²) in [6.45, 7) is 6.85. The van der Waals surface area contributed by atoms with Gasteiger partial charge in [0.05, 0.1) is 13.2 Å². The minimum atomic E-state index is -0.506. The molecule has 0 saturated carbocycles. The van der Waals surface area contributed by atoms with Crippen LogP contribution in [0.1, 0.15) is 27.2 Å². The predicted octanol–water partition coefficient (Wildman–Crippen LogP) is 1.89. The second-order valence-corrected chi connectivity index (χ2v) is 5.38. The van der Waals surface area contributed by atoms with Gasteiger partial charge in [-0.1, -0.05) is 13.8 Å². The van der Waals surface area contributed by atoms with Crippen molar-refractivity contribution in [3.8, 4) is 0 Å². The fourth-order valence-electron chi connectivity index (χ4n) is 1.56. The lowest BCUT2D eigenvalue weighted by atomic mass is 10.1. The lowest BCUT2D eigenvalue weighted by molar-refractivity contribution is -0.185. The average Bonchev–Trinajstić information content (AvgIpc) is 2.62. The van der Waals surface area contributed by atoms with E-state index in [1.807, 2.05) is 18.7 Å². The average molecular weight is 234 g/mol. The molecular weight excluding hydrogens is 212 g/mol. The Balaban J connectivity index is 2.34. The van der Waals surface area contributed by atoms with Crippen molar-refractivity contribution in [1.29, 1.82) is 0 Å². The molecule has 1 rings (SSSR count). The Labute approximate surface area is 96.5 Å². The maximum absolute atomic E-state index is 8.98. The molecule has 1 aliphatic heterocycles. The first-order chi connectivity index (χ1) is 7.12. The Bertz CT molecular complexity index is 189. The molecule has 1 N–H and O–H groups in total. The molecule has 0 aromatic heterocycles. The zero-order valence-electron chi connectivity index (χ0n) is 9.86. The van der Waals surface area contributed by atoms with Crippen LogP contribution in [-0.4, -0.2) is 41.7 Å². The van der Waals surface area contributed by atoms with Gasteiger partial charge < -0.3 is 14.6 Å². The fraction of sp³-hybridized carbons (Fsp3) is 1.00. The van der Waals surface area contributed by atoms with Gasteiger partial charge >= 0.3 is 0 Å². The van der Waals surface area contributed by atoms with Crippen LogP contribution >= 0.6 is 11.8 Å². The molecule has 3 atom stereocenters. The first-order valence-electron chi connectivity index (χ1n) is 5.62. The maximum atomic E-state index is 8.98. The second-order valence-electron chi connectivity index (χ2n) is 4.23. The molecule has 0 aromatic carbocycles. The van der Waals surface area contributed by atoms with Gasteiger partial charge in [-0.3, -0.25) is 0 Å². The summed E-state index contributed by atoms with van der Waals surface area (Å²) in [5, 5.41) is 8.98. The highest BCUT2D eigenvalue weighted by Crippen LogP contribution is 2.32. The molecule has 0 amide bonds. The van der Waals surface area contributed by atoms with Crippen LogP contribution < -0.4 is 0 Å². The molecule has 3 nitrogen and oxygen atoms in total. The van der Waals surface area contributed by atoms with Crippen LogP contribution in [0.3, 0.4) is 0 Å².